The third kappa shape index (κ3) is 22.0. The molecule has 3 radical (unpaired) electrons. The normalized spacial score (nSPS) is 3.60. The van der Waals surface area contributed by atoms with Crippen LogP contribution in [0.4, 0.5) is 7.77 Å². The van der Waals surface area contributed by atoms with E-state index < -0.39 is 12.5 Å². The van der Waals surface area contributed by atoms with E-state index in [0.717, 1.165) is 0 Å². The van der Waals surface area contributed by atoms with Crippen molar-refractivity contribution in [2.45, 2.75) is 0 Å². The van der Waals surface area contributed by atoms with E-state index in [4.69, 9.17) is 0 Å². The molecule has 0 spiro atoms. The van der Waals surface area contributed by atoms with Gasteiger partial charge in [-0.25, -0.2) is 0 Å². The van der Waals surface area contributed by atoms with E-state index in [9.17, 15) is 7.77 Å². The molecule has 0 aromatic heterocycles. The zero-order valence-corrected chi connectivity index (χ0v) is 8.37. The van der Waals surface area contributed by atoms with Crippen LogP contribution in [-0.4, -0.2) is 48.9 Å². The first-order valence-corrected chi connectivity index (χ1v) is 0.926. The number of halogens is 2. The van der Waals surface area contributed by atoms with E-state index in [-0.39, 0.29) is 65.9 Å². The Morgan fingerprint density at radius 1 is 1.20 bits per heavy atom. The molecule has 0 atom stereocenters. The third-order valence-electron chi connectivity index (χ3n) is 0. The molecule has 0 aromatic rings. The maximum atomic E-state index is 9.54. The molecule has 0 nitrogen and oxygen atoms in total. The van der Waals surface area contributed by atoms with E-state index >= 15 is 0 Å². The third-order valence-corrected chi connectivity index (χ3v) is 0. The fraction of sp³-hybridized carbons (Fsp3) is 0. The van der Waals surface area contributed by atoms with E-state index in [1.54, 1.807) is 0 Å². The van der Waals surface area contributed by atoms with Crippen molar-refractivity contribution in [3.05, 3.63) is 0 Å². The van der Waals surface area contributed by atoms with Crippen molar-refractivity contribution in [1.82, 2.24) is 0 Å². The molecule has 0 fully saturated rings. The van der Waals surface area contributed by atoms with Gasteiger partial charge >= 0.3 is 0 Å². The molecule has 0 rings (SSSR count). The van der Waals surface area contributed by atoms with Crippen molar-refractivity contribution in [3.8, 4) is 0 Å². The van der Waals surface area contributed by atoms with Gasteiger partial charge in [0.2, 0.25) is 0 Å². The molecule has 0 N–H and O–H groups in total. The van der Waals surface area contributed by atoms with E-state index in [1.165, 1.54) is 0 Å². The molecule has 5 heteroatoms. The van der Waals surface area contributed by atoms with Crippen LogP contribution in [0.25, 0.3) is 0 Å². The molecular weight excluding hydrogens is 271 g/mol. The number of rotatable bonds is 0. The zero-order chi connectivity index (χ0) is 2.71. The van der Waals surface area contributed by atoms with Crippen LogP contribution < -0.4 is 0 Å². The fourth-order valence-electron chi connectivity index (χ4n) is 0. The first-order valence-electron chi connectivity index (χ1n) is 0.309. The molecule has 0 amide bonds. The summed E-state index contributed by atoms with van der Waals surface area (Å²) in [5, 5.41) is 0. The van der Waals surface area contributed by atoms with Crippen LogP contribution in [0.3, 0.4) is 0 Å². The summed E-state index contributed by atoms with van der Waals surface area (Å²) in [5.41, 5.74) is 0. The van der Waals surface area contributed by atoms with Gasteiger partial charge in [0, 0.05) is 65.9 Å². The first-order chi connectivity index (χ1) is 1.41. The maximum Gasteiger partial charge on any atom is 0.255 e. The summed E-state index contributed by atoms with van der Waals surface area (Å²) in [5.74, 6) is 0. The topological polar surface area (TPSA) is 0 Å². The summed E-state index contributed by atoms with van der Waals surface area (Å²) in [6, 6.07) is 0. The summed E-state index contributed by atoms with van der Waals surface area (Å²) in [4.78, 5) is 0. The second kappa shape index (κ2) is 16.2. The molecular formula is BaCuF2S. The molecule has 0 aliphatic carbocycles. The van der Waals surface area contributed by atoms with E-state index in [0.29, 0.717) is 0 Å². The SMILES string of the molecule is FSF.[Ba].[Cu]. The molecule has 0 aliphatic rings. The van der Waals surface area contributed by atoms with Crippen molar-refractivity contribution in [2.75, 3.05) is 0 Å². The summed E-state index contributed by atoms with van der Waals surface area (Å²) in [6.07, 6.45) is 0. The summed E-state index contributed by atoms with van der Waals surface area (Å²) in [6.45, 7) is 0. The van der Waals surface area contributed by atoms with Crippen molar-refractivity contribution in [3.63, 3.8) is 0 Å². The Hall–Kier alpha value is 2.30. The van der Waals surface area contributed by atoms with Gasteiger partial charge in [0.05, 0.1) is 0 Å². The molecule has 0 aromatic carbocycles. The van der Waals surface area contributed by atoms with Crippen LogP contribution in [0.2, 0.25) is 0 Å². The Labute approximate surface area is 84.6 Å². The average molecular weight is 271 g/mol. The Morgan fingerprint density at radius 3 is 1.20 bits per heavy atom. The van der Waals surface area contributed by atoms with Crippen LogP contribution >= 0.6 is 12.5 Å². The zero-order valence-electron chi connectivity index (χ0n) is 2.17. The van der Waals surface area contributed by atoms with Crippen LogP contribution in [0, 0.1) is 0 Å². The second-order valence-electron chi connectivity index (χ2n) is 0.0583. The molecule has 0 unspecified atom stereocenters. The minimum Gasteiger partial charge on any atom is -0.127 e. The summed E-state index contributed by atoms with van der Waals surface area (Å²) < 4.78 is 19.1. The summed E-state index contributed by atoms with van der Waals surface area (Å²) >= 11 is -1.25. The van der Waals surface area contributed by atoms with E-state index in [1.807, 2.05) is 0 Å². The molecule has 0 bridgehead atoms. The van der Waals surface area contributed by atoms with Crippen LogP contribution in [0.5, 0.6) is 0 Å². The Bertz CT molecular complexity index is 9.61. The van der Waals surface area contributed by atoms with Crippen molar-refractivity contribution < 1.29 is 24.8 Å². The molecule has 0 aliphatic heterocycles. The summed E-state index contributed by atoms with van der Waals surface area (Å²) in [7, 11) is 0. The Balaban J connectivity index is -0.0000000200. The van der Waals surface area contributed by atoms with E-state index in [2.05, 4.69) is 0 Å². The molecule has 33 valence electrons. The van der Waals surface area contributed by atoms with Crippen LogP contribution in [0.1, 0.15) is 0 Å². The van der Waals surface area contributed by atoms with Gasteiger partial charge in [0.25, 0.3) is 12.5 Å². The Kier molecular flexibility index (Phi) is 50.9. The van der Waals surface area contributed by atoms with Crippen molar-refractivity contribution in [1.29, 1.82) is 0 Å². The van der Waals surface area contributed by atoms with Gasteiger partial charge in [-0.1, -0.05) is 0 Å². The van der Waals surface area contributed by atoms with Crippen LogP contribution in [-0.2, 0) is 17.1 Å². The quantitative estimate of drug-likeness (QED) is 0.595. The molecule has 0 saturated carbocycles. The van der Waals surface area contributed by atoms with Gasteiger partial charge in [0.15, 0.2) is 0 Å². The minimum absolute atomic E-state index is 0. The number of hydrogen-bond acceptors (Lipinski definition) is 1. The predicted octanol–water partition coefficient (Wildman–Crippen LogP) is 1.11. The minimum atomic E-state index is -1.25. The van der Waals surface area contributed by atoms with Gasteiger partial charge in [-0.3, -0.25) is 0 Å². The monoisotopic (exact) mass is 271 g/mol. The predicted molar refractivity (Wildman–Crippen MR) is 15.6 cm³/mol. The van der Waals surface area contributed by atoms with Gasteiger partial charge in [0.1, 0.15) is 0 Å². The van der Waals surface area contributed by atoms with Crippen LogP contribution in [0.15, 0.2) is 0 Å². The van der Waals surface area contributed by atoms with Crippen molar-refractivity contribution >= 4 is 61.4 Å². The molecule has 0 saturated heterocycles. The number of hydrogen-bond donors (Lipinski definition) is 0. The molecule has 0 heterocycles. The van der Waals surface area contributed by atoms with Gasteiger partial charge in [-0.05, 0) is 0 Å². The standard InChI is InChI=1S/Ba.Cu.F2S/c;;1-3-2. The van der Waals surface area contributed by atoms with Gasteiger partial charge in [-0.2, -0.15) is 0 Å². The average Bonchev–Trinajstić information content (AvgIpc) is 0.918. The largest absolute Gasteiger partial charge is 0.255 e. The first kappa shape index (κ1) is 15.7. The molecule has 5 heavy (non-hydrogen) atoms. The van der Waals surface area contributed by atoms with Gasteiger partial charge < -0.3 is 0 Å². The van der Waals surface area contributed by atoms with Gasteiger partial charge in [-0.15, -0.1) is 7.77 Å². The fourth-order valence-corrected chi connectivity index (χ4v) is 0. The maximum absolute atomic E-state index is 9.54. The Morgan fingerprint density at radius 2 is 1.20 bits per heavy atom. The second-order valence-corrected chi connectivity index (χ2v) is 0.175. The smallest absolute Gasteiger partial charge is 0.127 e. The van der Waals surface area contributed by atoms with Crippen molar-refractivity contribution in [2.24, 2.45) is 0 Å².